The molecule has 6 atom stereocenters. The molecular formula is C44H54F2N9O9+. The van der Waals surface area contributed by atoms with E-state index >= 15 is 4.39 Å². The molecule has 0 saturated carbocycles. The molecule has 2 fully saturated rings. The van der Waals surface area contributed by atoms with Crippen molar-refractivity contribution in [3.8, 4) is 11.4 Å². The number of piperazine rings is 1. The lowest BCUT2D eigenvalue weighted by atomic mass is 9.87. The molecule has 4 heterocycles. The maximum absolute atomic E-state index is 15.4. The van der Waals surface area contributed by atoms with Crippen molar-refractivity contribution in [3.05, 3.63) is 113 Å². The topological polar surface area (TPSA) is 206 Å². The van der Waals surface area contributed by atoms with Crippen molar-refractivity contribution in [2.24, 2.45) is 11.7 Å². The summed E-state index contributed by atoms with van der Waals surface area (Å²) in [4.78, 5) is 40.8. The van der Waals surface area contributed by atoms with Gasteiger partial charge in [0.05, 0.1) is 37.7 Å². The molecule has 2 aromatic heterocycles. The van der Waals surface area contributed by atoms with Gasteiger partial charge in [0.15, 0.2) is 0 Å². The van der Waals surface area contributed by atoms with Gasteiger partial charge in [0.25, 0.3) is 6.33 Å². The van der Waals surface area contributed by atoms with E-state index in [1.54, 1.807) is 20.2 Å². The molecule has 1 unspecified atom stereocenters. The fourth-order valence-corrected chi connectivity index (χ4v) is 8.16. The van der Waals surface area contributed by atoms with Gasteiger partial charge < -0.3 is 44.7 Å². The minimum absolute atomic E-state index is 0.0510. The number of benzene rings is 3. The van der Waals surface area contributed by atoms with Crippen LogP contribution >= 0.6 is 0 Å². The number of aliphatic hydroxyl groups excluding tert-OH is 1. The van der Waals surface area contributed by atoms with Gasteiger partial charge >= 0.3 is 17.8 Å². The summed E-state index contributed by atoms with van der Waals surface area (Å²) >= 11 is 0. The Morgan fingerprint density at radius 2 is 1.64 bits per heavy atom. The second-order valence-electron chi connectivity index (χ2n) is 16.2. The first-order valence-electron chi connectivity index (χ1n) is 21.3. The lowest BCUT2D eigenvalue weighted by Crippen LogP contribution is -2.46. The van der Waals surface area contributed by atoms with E-state index < -0.39 is 53.8 Å². The number of anilines is 2. The van der Waals surface area contributed by atoms with E-state index in [4.69, 9.17) is 29.8 Å². The third-order valence-electron chi connectivity index (χ3n) is 11.7. The number of carbonyl (C=O) groups is 2. The van der Waals surface area contributed by atoms with Gasteiger partial charge in [0, 0.05) is 73.5 Å². The van der Waals surface area contributed by atoms with E-state index in [0.29, 0.717) is 24.3 Å². The molecule has 342 valence electrons. The highest BCUT2D eigenvalue weighted by atomic mass is 19.1. The zero-order valence-corrected chi connectivity index (χ0v) is 35.9. The van der Waals surface area contributed by atoms with Crippen molar-refractivity contribution in [3.63, 3.8) is 0 Å². The van der Waals surface area contributed by atoms with Crippen LogP contribution in [0.15, 0.2) is 90.5 Å². The Balaban J connectivity index is 0.916. The fraction of sp³-hybridized carbons (Fsp3) is 0.455. The molecule has 64 heavy (non-hydrogen) atoms. The molecular weight excluding hydrogens is 837 g/mol. The number of aliphatic carboxylic acids is 1. The minimum atomic E-state index is -1.22. The predicted octanol–water partition coefficient (Wildman–Crippen LogP) is 3.94. The van der Waals surface area contributed by atoms with Crippen LogP contribution < -0.4 is 30.5 Å². The van der Waals surface area contributed by atoms with Crippen molar-refractivity contribution in [1.29, 1.82) is 0 Å². The second-order valence-corrected chi connectivity index (χ2v) is 16.2. The zero-order chi connectivity index (χ0) is 45.5. The third kappa shape index (κ3) is 10.5. The smallest absolute Gasteiger partial charge is 0.493 e. The number of aromatic nitrogens is 6. The summed E-state index contributed by atoms with van der Waals surface area (Å²) in [5.74, 6) is -2.17. The number of hydrogen-bond acceptors (Lipinski definition) is 13. The predicted molar refractivity (Wildman–Crippen MR) is 227 cm³/mol. The number of carbonyl (C=O) groups excluding carboxylic acids is 1. The van der Waals surface area contributed by atoms with Crippen LogP contribution in [-0.2, 0) is 31.2 Å². The van der Waals surface area contributed by atoms with Crippen LogP contribution in [0.5, 0.6) is 5.75 Å². The molecule has 2 aliphatic rings. The molecule has 3 aromatic carbocycles. The van der Waals surface area contributed by atoms with Crippen molar-refractivity contribution < 1.29 is 52.1 Å². The van der Waals surface area contributed by atoms with Crippen LogP contribution in [0.25, 0.3) is 5.69 Å². The number of carboxylic acid groups (broad SMARTS) is 1. The van der Waals surface area contributed by atoms with Gasteiger partial charge in [-0.15, -0.1) is 4.68 Å². The van der Waals surface area contributed by atoms with Crippen LogP contribution in [0.4, 0.5) is 25.0 Å². The van der Waals surface area contributed by atoms with Gasteiger partial charge in [-0.3, -0.25) is 4.79 Å². The molecule has 5 aromatic rings. The van der Waals surface area contributed by atoms with Crippen LogP contribution in [-0.4, -0.2) is 105 Å². The van der Waals surface area contributed by atoms with Crippen molar-refractivity contribution >= 4 is 23.5 Å². The lowest BCUT2D eigenvalue weighted by molar-refractivity contribution is -0.754. The van der Waals surface area contributed by atoms with Gasteiger partial charge in [0.1, 0.15) is 41.9 Å². The first kappa shape index (κ1) is 45.6. The van der Waals surface area contributed by atoms with Crippen LogP contribution in [0.3, 0.4) is 0 Å². The Labute approximate surface area is 367 Å². The molecule has 7 rings (SSSR count). The average Bonchev–Trinajstić information content (AvgIpc) is 4.02. The maximum Gasteiger partial charge on any atom is 0.511 e. The summed E-state index contributed by atoms with van der Waals surface area (Å²) in [5.41, 5.74) is 6.91. The van der Waals surface area contributed by atoms with Crippen molar-refractivity contribution in [2.75, 3.05) is 55.8 Å². The minimum Gasteiger partial charge on any atom is -0.493 e. The summed E-state index contributed by atoms with van der Waals surface area (Å²) in [6.45, 7) is 8.67. The lowest BCUT2D eigenvalue weighted by Gasteiger charge is -2.37. The number of nitrogens with two attached hydrogens (primary N) is 1. The first-order chi connectivity index (χ1) is 30.7. The van der Waals surface area contributed by atoms with Gasteiger partial charge in [-0.05, 0) is 74.4 Å². The SMILES string of the molecule is CC[C@@H]([C@H](C)O)n1ncn(-c2ccc(N3CCN(c4ccc(OC[C@@H]5CO[C@@](Cn6c[n+](C(C)OC(=O)OCC[C@@H](N)C(=O)O)cn6)(c6ccc(F)cc6F)C5)cc4)CC3)cc2)c1=O. The summed E-state index contributed by atoms with van der Waals surface area (Å²) in [5, 5.41) is 27.6. The van der Waals surface area contributed by atoms with Crippen LogP contribution in [0.2, 0.25) is 0 Å². The normalized spacial score (nSPS) is 19.5. The highest BCUT2D eigenvalue weighted by Gasteiger charge is 2.46. The quantitative estimate of drug-likeness (QED) is 0.0843. The number of rotatable bonds is 18. The Morgan fingerprint density at radius 1 is 0.984 bits per heavy atom. The van der Waals surface area contributed by atoms with Crippen LogP contribution in [0, 0.1) is 17.6 Å². The molecule has 2 saturated heterocycles. The molecule has 4 N–H and O–H groups in total. The molecule has 2 aliphatic heterocycles. The molecule has 0 amide bonds. The molecule has 0 aliphatic carbocycles. The van der Waals surface area contributed by atoms with Crippen molar-refractivity contribution in [2.45, 2.75) is 76.6 Å². The first-order valence-corrected chi connectivity index (χ1v) is 21.3. The molecule has 18 nitrogen and oxygen atoms in total. The van der Waals surface area contributed by atoms with Crippen LogP contribution in [0.1, 0.15) is 57.9 Å². The number of halogens is 2. The second kappa shape index (κ2) is 20.0. The summed E-state index contributed by atoms with van der Waals surface area (Å²) in [6, 6.07) is 17.5. The van der Waals surface area contributed by atoms with Gasteiger partial charge in [-0.25, -0.2) is 27.6 Å². The summed E-state index contributed by atoms with van der Waals surface area (Å²) < 4.78 is 58.1. The van der Waals surface area contributed by atoms with E-state index in [1.165, 1.54) is 43.3 Å². The van der Waals surface area contributed by atoms with E-state index in [9.17, 15) is 23.9 Å². The van der Waals surface area contributed by atoms with E-state index in [-0.39, 0.29) is 50.0 Å². The highest BCUT2D eigenvalue weighted by Crippen LogP contribution is 2.42. The standard InChI is InChI=1S/C44H53F2N9O9/c1-4-40(29(2)56)55-42(59)54(27-49-55)35-8-6-33(7-9-35)50-16-18-51(19-17-50)34-10-12-36(13-11-34)62-23-31-22-44(63-24-31,37-14-5-32(45)21-38(37)46)25-53-28-52(26-48-53)30(3)64-43(60)61-20-15-39(47)41(57)58/h5-14,21,26-31,39-40,56H,4,15-20,22-25,47H2,1-3H3/p+1/t29-,30?,31+,39+,40-,44-/m0/s1. The summed E-state index contributed by atoms with van der Waals surface area (Å²) in [6.07, 6.45) is 2.71. The third-order valence-corrected chi connectivity index (χ3v) is 11.7. The number of hydrogen-bond donors (Lipinski definition) is 3. The van der Waals surface area contributed by atoms with Crippen molar-refractivity contribution in [1.82, 2.24) is 24.1 Å². The Morgan fingerprint density at radius 3 is 2.27 bits per heavy atom. The Kier molecular flexibility index (Phi) is 14.3. The van der Waals surface area contributed by atoms with Gasteiger partial charge in [-0.2, -0.15) is 9.67 Å². The molecule has 20 heteroatoms. The highest BCUT2D eigenvalue weighted by molar-refractivity contribution is 5.73. The number of ether oxygens (including phenoxy) is 4. The number of aliphatic hydroxyl groups is 1. The maximum atomic E-state index is 15.4. The summed E-state index contributed by atoms with van der Waals surface area (Å²) in [7, 11) is 0. The largest absolute Gasteiger partial charge is 0.511 e. The zero-order valence-electron chi connectivity index (χ0n) is 35.9. The molecule has 0 spiro atoms. The van der Waals surface area contributed by atoms with E-state index in [1.807, 2.05) is 55.5 Å². The number of nitrogens with zero attached hydrogens (tertiary/aromatic N) is 8. The van der Waals surface area contributed by atoms with E-state index in [0.717, 1.165) is 43.6 Å². The molecule has 0 radical (unpaired) electrons. The fourth-order valence-electron chi connectivity index (χ4n) is 8.16. The van der Waals surface area contributed by atoms with E-state index in [2.05, 4.69) is 20.0 Å². The van der Waals surface area contributed by atoms with Gasteiger partial charge in [0.2, 0.25) is 12.6 Å². The van der Waals surface area contributed by atoms with Gasteiger partial charge in [-0.1, -0.05) is 13.0 Å². The Hall–Kier alpha value is -6.38. The monoisotopic (exact) mass is 890 g/mol. The number of carboxylic acids is 1. The Bertz CT molecular complexity index is 2420. The molecule has 0 bridgehead atoms. The average molecular weight is 891 g/mol.